The Kier molecular flexibility index (Phi) is 3.92. The fraction of sp³-hybridized carbons (Fsp3) is 0. The first-order chi connectivity index (χ1) is 6.29. The van der Waals surface area contributed by atoms with Gasteiger partial charge in [0.2, 0.25) is 0 Å². The molecule has 0 saturated heterocycles. The van der Waals surface area contributed by atoms with E-state index in [9.17, 15) is 9.42 Å². The van der Waals surface area contributed by atoms with Crippen molar-refractivity contribution in [3.8, 4) is 0 Å². The lowest BCUT2D eigenvalue weighted by Gasteiger charge is -1.88. The highest BCUT2D eigenvalue weighted by molar-refractivity contribution is 7.91. The molecule has 0 fully saturated rings. The van der Waals surface area contributed by atoms with Crippen LogP contribution in [0, 0.1) is 5.21 Å². The van der Waals surface area contributed by atoms with Crippen LogP contribution >= 0.6 is 0 Å². The SMILES string of the molecule is O=S1C=CC=C1.[O-][n+]1ccccc1. The van der Waals surface area contributed by atoms with E-state index < -0.39 is 10.8 Å². The van der Waals surface area contributed by atoms with Crippen LogP contribution < -0.4 is 4.73 Å². The quantitative estimate of drug-likeness (QED) is 0.459. The van der Waals surface area contributed by atoms with E-state index in [0.29, 0.717) is 0 Å². The third-order valence-electron chi connectivity index (χ3n) is 1.22. The average molecular weight is 195 g/mol. The highest BCUT2D eigenvalue weighted by atomic mass is 32.2. The Bertz CT molecular complexity index is 319. The van der Waals surface area contributed by atoms with Gasteiger partial charge in [-0.25, -0.2) is 0 Å². The van der Waals surface area contributed by atoms with E-state index in [4.69, 9.17) is 0 Å². The van der Waals surface area contributed by atoms with Gasteiger partial charge in [-0.3, -0.25) is 4.21 Å². The van der Waals surface area contributed by atoms with Gasteiger partial charge in [-0.2, -0.15) is 4.73 Å². The number of hydrogen-bond acceptors (Lipinski definition) is 2. The van der Waals surface area contributed by atoms with E-state index in [1.54, 1.807) is 41.2 Å². The van der Waals surface area contributed by atoms with Crippen molar-refractivity contribution in [2.24, 2.45) is 0 Å². The molecule has 1 aromatic rings. The maximum absolute atomic E-state index is 10.2. The molecule has 0 saturated carbocycles. The number of nitrogens with zero attached hydrogens (tertiary/aromatic N) is 1. The molecule has 13 heavy (non-hydrogen) atoms. The van der Waals surface area contributed by atoms with Crippen LogP contribution in [0.4, 0.5) is 0 Å². The van der Waals surface area contributed by atoms with Gasteiger partial charge < -0.3 is 5.21 Å². The smallest absolute Gasteiger partial charge is 0.180 e. The zero-order valence-corrected chi connectivity index (χ0v) is 7.68. The molecule has 2 rings (SSSR count). The predicted octanol–water partition coefficient (Wildman–Crippen LogP) is 1.10. The molecule has 1 aliphatic rings. The van der Waals surface area contributed by atoms with Crippen molar-refractivity contribution < 1.29 is 8.94 Å². The normalized spacial score (nSPS) is 13.8. The number of hydrogen-bond donors (Lipinski definition) is 0. The zero-order chi connectivity index (χ0) is 9.52. The Morgan fingerprint density at radius 2 is 1.54 bits per heavy atom. The number of aromatic nitrogens is 1. The molecule has 68 valence electrons. The van der Waals surface area contributed by atoms with E-state index in [2.05, 4.69) is 0 Å². The molecule has 0 unspecified atom stereocenters. The molecule has 0 amide bonds. The molecule has 1 aromatic heterocycles. The van der Waals surface area contributed by atoms with Gasteiger partial charge in [0.25, 0.3) is 0 Å². The zero-order valence-electron chi connectivity index (χ0n) is 6.87. The predicted molar refractivity (Wildman–Crippen MR) is 51.8 cm³/mol. The Labute approximate surface area is 79.1 Å². The number of pyridine rings is 1. The molecule has 0 N–H and O–H groups in total. The van der Waals surface area contributed by atoms with Gasteiger partial charge in [0.05, 0.1) is 10.8 Å². The van der Waals surface area contributed by atoms with Gasteiger partial charge in [-0.05, 0) is 0 Å². The van der Waals surface area contributed by atoms with E-state index >= 15 is 0 Å². The van der Waals surface area contributed by atoms with Crippen LogP contribution in [0.1, 0.15) is 0 Å². The Morgan fingerprint density at radius 1 is 1.00 bits per heavy atom. The summed E-state index contributed by atoms with van der Waals surface area (Å²) in [5.41, 5.74) is 0. The monoisotopic (exact) mass is 195 g/mol. The van der Waals surface area contributed by atoms with Gasteiger partial charge in [0.15, 0.2) is 12.4 Å². The Morgan fingerprint density at radius 3 is 1.77 bits per heavy atom. The summed E-state index contributed by atoms with van der Waals surface area (Å²) >= 11 is 0. The molecule has 2 heterocycles. The standard InChI is InChI=1S/C5H5NO.C4H4OS/c7-6-4-2-1-3-5-6;5-6-3-1-2-4-6/h1-5H;1-4H. The van der Waals surface area contributed by atoms with Gasteiger partial charge in [-0.1, -0.05) is 18.2 Å². The molecule has 0 spiro atoms. The lowest BCUT2D eigenvalue weighted by Crippen LogP contribution is -2.22. The molecule has 0 aliphatic carbocycles. The first-order valence-electron chi connectivity index (χ1n) is 3.67. The minimum Gasteiger partial charge on any atom is -0.619 e. The second kappa shape index (κ2) is 5.27. The van der Waals surface area contributed by atoms with Gasteiger partial charge in [0.1, 0.15) is 0 Å². The van der Waals surface area contributed by atoms with E-state index in [-0.39, 0.29) is 0 Å². The minimum atomic E-state index is -0.784. The third kappa shape index (κ3) is 4.22. The van der Waals surface area contributed by atoms with Gasteiger partial charge >= 0.3 is 0 Å². The van der Waals surface area contributed by atoms with Crippen molar-refractivity contribution in [3.63, 3.8) is 0 Å². The summed E-state index contributed by atoms with van der Waals surface area (Å²) in [6.45, 7) is 0. The van der Waals surface area contributed by atoms with Crippen molar-refractivity contribution in [2.45, 2.75) is 0 Å². The molecule has 0 atom stereocenters. The van der Waals surface area contributed by atoms with Crippen LogP contribution in [0.5, 0.6) is 0 Å². The first-order valence-corrected chi connectivity index (χ1v) is 4.95. The van der Waals surface area contributed by atoms with Crippen LogP contribution in [0.25, 0.3) is 0 Å². The van der Waals surface area contributed by atoms with Crippen LogP contribution in [0.2, 0.25) is 0 Å². The van der Waals surface area contributed by atoms with Crippen LogP contribution in [-0.2, 0) is 10.8 Å². The highest BCUT2D eigenvalue weighted by Crippen LogP contribution is 1.95. The molecule has 1 aliphatic heterocycles. The summed E-state index contributed by atoms with van der Waals surface area (Å²) in [6.07, 6.45) is 6.44. The summed E-state index contributed by atoms with van der Waals surface area (Å²) < 4.78 is 10.9. The fourth-order valence-electron chi connectivity index (χ4n) is 0.674. The van der Waals surface area contributed by atoms with Crippen LogP contribution in [0.3, 0.4) is 0 Å². The fourth-order valence-corrected chi connectivity index (χ4v) is 1.26. The van der Waals surface area contributed by atoms with E-state index in [1.165, 1.54) is 12.4 Å². The summed E-state index contributed by atoms with van der Waals surface area (Å²) in [4.78, 5) is 0. The molecule has 0 bridgehead atoms. The summed E-state index contributed by atoms with van der Waals surface area (Å²) in [7, 11) is -0.784. The third-order valence-corrected chi connectivity index (χ3v) is 2.08. The topological polar surface area (TPSA) is 44.0 Å². The highest BCUT2D eigenvalue weighted by Gasteiger charge is 1.86. The summed E-state index contributed by atoms with van der Waals surface area (Å²) in [6, 6.07) is 5.18. The molecule has 4 heteroatoms. The lowest BCUT2D eigenvalue weighted by atomic mass is 10.5. The first kappa shape index (κ1) is 9.67. The van der Waals surface area contributed by atoms with Crippen molar-refractivity contribution in [3.05, 3.63) is 58.8 Å². The van der Waals surface area contributed by atoms with Crippen LogP contribution in [-0.4, -0.2) is 4.21 Å². The van der Waals surface area contributed by atoms with Crippen molar-refractivity contribution in [2.75, 3.05) is 0 Å². The molecule has 0 radical (unpaired) electrons. The molecule has 0 aromatic carbocycles. The van der Waals surface area contributed by atoms with E-state index in [1.807, 2.05) is 0 Å². The minimum absolute atomic E-state index is 0.750. The number of rotatable bonds is 0. The Balaban J connectivity index is 0.000000132. The van der Waals surface area contributed by atoms with Gasteiger partial charge in [0, 0.05) is 22.9 Å². The second-order valence-corrected chi connectivity index (χ2v) is 3.42. The molecular weight excluding hydrogens is 186 g/mol. The Hall–Kier alpha value is -1.42. The molecule has 3 nitrogen and oxygen atoms in total. The molecular formula is C9H9NO2S. The summed E-state index contributed by atoms with van der Waals surface area (Å²) in [5, 5.41) is 13.5. The van der Waals surface area contributed by atoms with Crippen molar-refractivity contribution in [1.82, 2.24) is 0 Å². The van der Waals surface area contributed by atoms with Gasteiger partial charge in [-0.15, -0.1) is 0 Å². The van der Waals surface area contributed by atoms with E-state index in [0.717, 1.165) is 4.73 Å². The lowest BCUT2D eigenvalue weighted by molar-refractivity contribution is -0.605. The summed E-state index contributed by atoms with van der Waals surface area (Å²) in [5.74, 6) is 0. The van der Waals surface area contributed by atoms with Crippen molar-refractivity contribution in [1.29, 1.82) is 0 Å². The van der Waals surface area contributed by atoms with Crippen molar-refractivity contribution >= 4 is 10.8 Å². The maximum atomic E-state index is 10.2. The van der Waals surface area contributed by atoms with Crippen LogP contribution in [0.15, 0.2) is 53.6 Å². The second-order valence-electron chi connectivity index (χ2n) is 2.22. The number of allylic oxidation sites excluding steroid dienone is 2. The maximum Gasteiger partial charge on any atom is 0.180 e. The average Bonchev–Trinajstić information content (AvgIpc) is 2.58. The largest absolute Gasteiger partial charge is 0.619 e.